The summed E-state index contributed by atoms with van der Waals surface area (Å²) in [6, 6.07) is 23.3. The molecule has 1 heterocycles. The summed E-state index contributed by atoms with van der Waals surface area (Å²) in [5, 5.41) is 0.662. The van der Waals surface area contributed by atoms with Gasteiger partial charge in [0, 0.05) is 36.9 Å². The van der Waals surface area contributed by atoms with Gasteiger partial charge in [0.05, 0.1) is 5.92 Å². The summed E-state index contributed by atoms with van der Waals surface area (Å²) in [6.07, 6.45) is 2.31. The van der Waals surface area contributed by atoms with Crippen molar-refractivity contribution in [2.24, 2.45) is 0 Å². The molecule has 0 N–H and O–H groups in total. The number of hydrogen-bond donors (Lipinski definition) is 0. The van der Waals surface area contributed by atoms with E-state index in [-0.39, 0.29) is 11.8 Å². The Bertz CT molecular complexity index is 835. The molecule has 0 bridgehead atoms. The number of nitrogens with zero attached hydrogens (tertiary/aromatic N) is 2. The van der Waals surface area contributed by atoms with Crippen LogP contribution in [-0.4, -0.2) is 22.8 Å². The highest BCUT2D eigenvalue weighted by Crippen LogP contribution is 2.24. The second-order valence-electron chi connectivity index (χ2n) is 6.31. The lowest BCUT2D eigenvalue weighted by Crippen LogP contribution is -2.32. The van der Waals surface area contributed by atoms with Crippen LogP contribution < -0.4 is 0 Å². The number of carbonyl (C=O) groups is 1. The van der Waals surface area contributed by atoms with Crippen molar-refractivity contribution < 1.29 is 4.79 Å². The Morgan fingerprint density at radius 1 is 1.00 bits per heavy atom. The van der Waals surface area contributed by atoms with Crippen molar-refractivity contribution in [2.75, 3.05) is 7.05 Å². The molecule has 3 aromatic rings. The van der Waals surface area contributed by atoms with Crippen LogP contribution in [0.15, 0.2) is 79.0 Å². The largest absolute Gasteiger partial charge is 0.341 e. The van der Waals surface area contributed by atoms with Crippen LogP contribution in [0.4, 0.5) is 0 Å². The van der Waals surface area contributed by atoms with Gasteiger partial charge in [0.2, 0.25) is 5.91 Å². The number of likely N-dealkylation sites (N-methyl/N-ethyl adjacent to an activating group) is 1. The number of rotatable bonds is 6. The predicted molar refractivity (Wildman–Crippen MR) is 105 cm³/mol. The smallest absolute Gasteiger partial charge is 0.230 e. The number of halogens is 1. The molecule has 0 fully saturated rings. The van der Waals surface area contributed by atoms with Crippen LogP contribution in [-0.2, 0) is 17.8 Å². The summed E-state index contributed by atoms with van der Waals surface area (Å²) in [7, 11) is 1.84. The van der Waals surface area contributed by atoms with Gasteiger partial charge in [-0.15, -0.1) is 0 Å². The average Bonchev–Trinajstić information content (AvgIpc) is 2.68. The normalized spacial score (nSPS) is 11.8. The molecule has 0 aliphatic carbocycles. The first-order valence-electron chi connectivity index (χ1n) is 8.58. The quantitative estimate of drug-likeness (QED) is 0.634. The minimum atomic E-state index is -0.295. The fourth-order valence-corrected chi connectivity index (χ4v) is 3.10. The molecule has 0 radical (unpaired) electrons. The average molecular weight is 365 g/mol. The van der Waals surface area contributed by atoms with E-state index in [0.717, 1.165) is 16.8 Å². The summed E-state index contributed by atoms with van der Waals surface area (Å²) in [4.78, 5) is 19.4. The Kier molecular flexibility index (Phi) is 6.03. The second-order valence-corrected chi connectivity index (χ2v) is 6.75. The number of pyridine rings is 1. The van der Waals surface area contributed by atoms with Gasteiger partial charge in [-0.2, -0.15) is 0 Å². The van der Waals surface area contributed by atoms with Crippen molar-refractivity contribution in [2.45, 2.75) is 18.9 Å². The van der Waals surface area contributed by atoms with Gasteiger partial charge in [0.1, 0.15) is 0 Å². The van der Waals surface area contributed by atoms with E-state index in [1.165, 1.54) is 0 Å². The molecule has 0 aliphatic heterocycles. The van der Waals surface area contributed by atoms with Crippen LogP contribution in [0.5, 0.6) is 0 Å². The Balaban J connectivity index is 1.83. The highest BCUT2D eigenvalue weighted by atomic mass is 35.5. The van der Waals surface area contributed by atoms with E-state index in [1.54, 1.807) is 11.1 Å². The van der Waals surface area contributed by atoms with Crippen LogP contribution in [0.25, 0.3) is 0 Å². The predicted octanol–water partition coefficient (Wildman–Crippen LogP) is 4.72. The molecule has 0 saturated heterocycles. The van der Waals surface area contributed by atoms with Crippen LogP contribution in [0.2, 0.25) is 5.02 Å². The van der Waals surface area contributed by atoms with Crippen LogP contribution in [0, 0.1) is 0 Å². The lowest BCUT2D eigenvalue weighted by Gasteiger charge is -2.24. The number of benzene rings is 2. The molecule has 3 rings (SSSR count). The van der Waals surface area contributed by atoms with Crippen LogP contribution in [0.1, 0.15) is 22.7 Å². The molecule has 1 atom stereocenters. The third-order valence-electron chi connectivity index (χ3n) is 4.35. The summed E-state index contributed by atoms with van der Waals surface area (Å²) in [5.74, 6) is -0.224. The molecule has 0 aliphatic rings. The van der Waals surface area contributed by atoms with E-state index in [4.69, 9.17) is 11.6 Å². The molecule has 0 spiro atoms. The van der Waals surface area contributed by atoms with E-state index < -0.39 is 0 Å². The summed E-state index contributed by atoms with van der Waals surface area (Å²) in [6.45, 7) is 0.575. The van der Waals surface area contributed by atoms with E-state index in [0.29, 0.717) is 18.0 Å². The second kappa shape index (κ2) is 8.63. The molecule has 2 aromatic carbocycles. The van der Waals surface area contributed by atoms with E-state index in [2.05, 4.69) is 4.98 Å². The molecule has 132 valence electrons. The van der Waals surface area contributed by atoms with Gasteiger partial charge in [0.15, 0.2) is 0 Å². The molecule has 1 aromatic heterocycles. The van der Waals surface area contributed by atoms with Crippen molar-refractivity contribution in [3.8, 4) is 0 Å². The highest BCUT2D eigenvalue weighted by Gasteiger charge is 2.25. The Hall–Kier alpha value is -2.65. The van der Waals surface area contributed by atoms with Crippen LogP contribution in [0.3, 0.4) is 0 Å². The number of aromatic nitrogens is 1. The lowest BCUT2D eigenvalue weighted by atomic mass is 9.92. The van der Waals surface area contributed by atoms with Crippen molar-refractivity contribution in [3.05, 3.63) is 101 Å². The maximum Gasteiger partial charge on any atom is 0.230 e. The van der Waals surface area contributed by atoms with Gasteiger partial charge in [0.25, 0.3) is 0 Å². The number of amides is 1. The van der Waals surface area contributed by atoms with Crippen LogP contribution >= 0.6 is 11.6 Å². The summed E-state index contributed by atoms with van der Waals surface area (Å²) in [5.41, 5.74) is 2.95. The third-order valence-corrected chi connectivity index (χ3v) is 4.60. The minimum absolute atomic E-state index is 0.0711. The zero-order chi connectivity index (χ0) is 18.4. The molecule has 26 heavy (non-hydrogen) atoms. The van der Waals surface area contributed by atoms with Gasteiger partial charge >= 0.3 is 0 Å². The first kappa shape index (κ1) is 18.2. The summed E-state index contributed by atoms with van der Waals surface area (Å²) >= 11 is 6.02. The standard InChI is InChI=1S/C22H21ClN2O/c1-25(16-17-7-3-2-4-8-17)22(26)21(15-20-9-5-6-14-24-20)18-10-12-19(23)13-11-18/h2-14,21H,15-16H2,1H3. The van der Waals surface area contributed by atoms with Crippen molar-refractivity contribution in [3.63, 3.8) is 0 Å². The molecule has 3 nitrogen and oxygen atoms in total. The first-order chi connectivity index (χ1) is 12.6. The fraction of sp³-hybridized carbons (Fsp3) is 0.182. The molecular formula is C22H21ClN2O. The molecule has 4 heteroatoms. The number of carbonyl (C=O) groups excluding carboxylic acids is 1. The molecular weight excluding hydrogens is 344 g/mol. The van der Waals surface area contributed by atoms with E-state index in [9.17, 15) is 4.79 Å². The Morgan fingerprint density at radius 3 is 2.35 bits per heavy atom. The van der Waals surface area contributed by atoms with Gasteiger partial charge in [-0.05, 0) is 35.4 Å². The van der Waals surface area contributed by atoms with Gasteiger partial charge < -0.3 is 4.90 Å². The first-order valence-corrected chi connectivity index (χ1v) is 8.95. The van der Waals surface area contributed by atoms with Crippen molar-refractivity contribution >= 4 is 17.5 Å². The maximum atomic E-state index is 13.2. The fourth-order valence-electron chi connectivity index (χ4n) is 2.97. The topological polar surface area (TPSA) is 33.2 Å². The molecule has 0 saturated carbocycles. The van der Waals surface area contributed by atoms with E-state index in [1.807, 2.05) is 79.8 Å². The monoisotopic (exact) mass is 364 g/mol. The number of hydrogen-bond acceptors (Lipinski definition) is 2. The highest BCUT2D eigenvalue weighted by molar-refractivity contribution is 6.30. The lowest BCUT2D eigenvalue weighted by molar-refractivity contribution is -0.132. The zero-order valence-electron chi connectivity index (χ0n) is 14.7. The third kappa shape index (κ3) is 4.70. The van der Waals surface area contributed by atoms with Gasteiger partial charge in [-0.1, -0.05) is 60.1 Å². The van der Waals surface area contributed by atoms with Gasteiger partial charge in [-0.3, -0.25) is 9.78 Å². The minimum Gasteiger partial charge on any atom is -0.341 e. The van der Waals surface area contributed by atoms with Crippen molar-refractivity contribution in [1.82, 2.24) is 9.88 Å². The zero-order valence-corrected chi connectivity index (χ0v) is 15.4. The molecule has 1 amide bonds. The Labute approximate surface area is 159 Å². The molecule has 1 unspecified atom stereocenters. The SMILES string of the molecule is CN(Cc1ccccc1)C(=O)C(Cc1ccccn1)c1ccc(Cl)cc1. The van der Waals surface area contributed by atoms with Crippen molar-refractivity contribution in [1.29, 1.82) is 0 Å². The Morgan fingerprint density at radius 2 is 1.69 bits per heavy atom. The van der Waals surface area contributed by atoms with Gasteiger partial charge in [-0.25, -0.2) is 0 Å². The van der Waals surface area contributed by atoms with E-state index >= 15 is 0 Å². The maximum absolute atomic E-state index is 13.2. The summed E-state index contributed by atoms with van der Waals surface area (Å²) < 4.78 is 0.